The standard InChI is InChI=1S/C27H36N6O2S/c1-18-19(2)28-12-8-20(18)36-21-16-30-24(33-15-13-29-23(21)33)32-14-11-27(9-6-7-10-27)22(17-32)31-25(34)35-26(3,4)5/h8,12-13,15-16,22H,6-7,9-11,14,17H2,1-5H3,(H,31,34). The van der Waals surface area contributed by atoms with Crippen molar-refractivity contribution in [3.8, 4) is 0 Å². The molecule has 0 radical (unpaired) electrons. The molecule has 192 valence electrons. The molecule has 2 fully saturated rings. The number of pyridine rings is 1. The Labute approximate surface area is 217 Å². The number of aryl methyl sites for hydroxylation is 1. The Bertz CT molecular complexity index is 1260. The van der Waals surface area contributed by atoms with Gasteiger partial charge in [0.1, 0.15) is 5.60 Å². The maximum atomic E-state index is 12.8. The fraction of sp³-hybridized carbons (Fsp3) is 0.556. The number of nitrogens with one attached hydrogen (secondary N) is 1. The third-order valence-corrected chi connectivity index (χ3v) is 8.77. The van der Waals surface area contributed by atoms with Gasteiger partial charge >= 0.3 is 6.09 Å². The van der Waals surface area contributed by atoms with Gasteiger partial charge in [0.2, 0.25) is 5.95 Å². The predicted octanol–water partition coefficient (Wildman–Crippen LogP) is 5.56. The summed E-state index contributed by atoms with van der Waals surface area (Å²) >= 11 is 1.67. The van der Waals surface area contributed by atoms with Crippen molar-refractivity contribution in [3.63, 3.8) is 0 Å². The Kier molecular flexibility index (Phi) is 6.61. The largest absolute Gasteiger partial charge is 0.444 e. The van der Waals surface area contributed by atoms with E-state index in [1.807, 2.05) is 58.5 Å². The van der Waals surface area contributed by atoms with E-state index < -0.39 is 5.60 Å². The zero-order valence-electron chi connectivity index (χ0n) is 21.9. The molecule has 3 aromatic heterocycles. The number of rotatable bonds is 4. The molecule has 1 saturated carbocycles. The van der Waals surface area contributed by atoms with E-state index in [1.54, 1.807) is 11.8 Å². The zero-order valence-corrected chi connectivity index (χ0v) is 22.7. The fourth-order valence-corrected chi connectivity index (χ4v) is 6.59. The molecule has 0 aromatic carbocycles. The maximum absolute atomic E-state index is 12.8. The Hall–Kier alpha value is -2.81. The molecule has 1 aliphatic carbocycles. The van der Waals surface area contributed by atoms with Crippen molar-refractivity contribution in [1.29, 1.82) is 0 Å². The van der Waals surface area contributed by atoms with E-state index in [4.69, 9.17) is 9.72 Å². The topological polar surface area (TPSA) is 84.7 Å². The van der Waals surface area contributed by atoms with Crippen molar-refractivity contribution in [2.24, 2.45) is 5.41 Å². The number of piperidine rings is 1. The molecule has 3 aromatic rings. The first-order valence-corrected chi connectivity index (χ1v) is 13.6. The van der Waals surface area contributed by atoms with Crippen molar-refractivity contribution in [1.82, 2.24) is 24.7 Å². The minimum atomic E-state index is -0.523. The average Bonchev–Trinajstić information content (AvgIpc) is 3.48. The first-order valence-electron chi connectivity index (χ1n) is 12.8. The van der Waals surface area contributed by atoms with Crippen LogP contribution < -0.4 is 10.2 Å². The number of carbonyl (C=O) groups excluding carboxylic acids is 1. The minimum Gasteiger partial charge on any atom is -0.444 e. The highest BCUT2D eigenvalue weighted by molar-refractivity contribution is 7.99. The number of nitrogens with zero attached hydrogens (tertiary/aromatic N) is 5. The van der Waals surface area contributed by atoms with Gasteiger partial charge in [0.25, 0.3) is 0 Å². The van der Waals surface area contributed by atoms with Crippen LogP contribution in [-0.4, -0.2) is 50.2 Å². The molecule has 5 rings (SSSR count). The first kappa shape index (κ1) is 24.9. The molecule has 8 nitrogen and oxygen atoms in total. The lowest BCUT2D eigenvalue weighted by atomic mass is 9.73. The summed E-state index contributed by atoms with van der Waals surface area (Å²) in [5.74, 6) is 0.860. The second-order valence-electron chi connectivity index (χ2n) is 11.1. The zero-order chi connectivity index (χ0) is 25.5. The number of fused-ring (bicyclic) bond motifs is 1. The molecule has 1 aliphatic heterocycles. The molecular weight excluding hydrogens is 472 g/mol. The van der Waals surface area contributed by atoms with Crippen molar-refractivity contribution in [2.45, 2.75) is 88.2 Å². The second kappa shape index (κ2) is 9.57. The van der Waals surface area contributed by atoms with Gasteiger partial charge in [0.15, 0.2) is 5.65 Å². The van der Waals surface area contributed by atoms with Gasteiger partial charge in [-0.2, -0.15) is 0 Å². The Morgan fingerprint density at radius 1 is 1.11 bits per heavy atom. The lowest BCUT2D eigenvalue weighted by molar-refractivity contribution is 0.0420. The minimum absolute atomic E-state index is 0.0143. The third kappa shape index (κ3) is 4.90. The summed E-state index contributed by atoms with van der Waals surface area (Å²) in [4.78, 5) is 31.2. The van der Waals surface area contributed by atoms with Gasteiger partial charge < -0.3 is 15.0 Å². The van der Waals surface area contributed by atoms with E-state index in [-0.39, 0.29) is 17.6 Å². The lowest BCUT2D eigenvalue weighted by Gasteiger charge is -2.46. The summed E-state index contributed by atoms with van der Waals surface area (Å²) in [6.07, 6.45) is 13.0. The van der Waals surface area contributed by atoms with E-state index in [9.17, 15) is 4.79 Å². The van der Waals surface area contributed by atoms with E-state index >= 15 is 0 Å². The summed E-state index contributed by atoms with van der Waals surface area (Å²) in [5.41, 5.74) is 2.70. The molecule has 1 atom stereocenters. The molecule has 1 unspecified atom stereocenters. The molecule has 1 N–H and O–H groups in total. The number of ether oxygens (including phenoxy) is 1. The second-order valence-corrected chi connectivity index (χ2v) is 12.2. The summed E-state index contributed by atoms with van der Waals surface area (Å²) < 4.78 is 7.70. The molecule has 36 heavy (non-hydrogen) atoms. The van der Waals surface area contributed by atoms with Crippen LogP contribution in [0.4, 0.5) is 10.7 Å². The highest BCUT2D eigenvalue weighted by Crippen LogP contribution is 2.47. The van der Waals surface area contributed by atoms with E-state index in [1.165, 1.54) is 18.4 Å². The third-order valence-electron chi connectivity index (χ3n) is 7.60. The average molecular weight is 509 g/mol. The van der Waals surface area contributed by atoms with Gasteiger partial charge in [0.05, 0.1) is 10.9 Å². The van der Waals surface area contributed by atoms with Crippen LogP contribution in [0.2, 0.25) is 0 Å². The quantitative estimate of drug-likeness (QED) is 0.494. The number of alkyl carbamates (subject to hydrolysis) is 1. The van der Waals surface area contributed by atoms with Gasteiger partial charge in [-0.15, -0.1) is 0 Å². The summed E-state index contributed by atoms with van der Waals surface area (Å²) in [6.45, 7) is 11.4. The molecule has 0 bridgehead atoms. The van der Waals surface area contributed by atoms with Gasteiger partial charge in [-0.3, -0.25) is 9.38 Å². The normalized spacial score (nSPS) is 19.7. The summed E-state index contributed by atoms with van der Waals surface area (Å²) in [5, 5.41) is 3.24. The number of imidazole rings is 1. The number of hydrogen-bond donors (Lipinski definition) is 1. The number of amides is 1. The van der Waals surface area contributed by atoms with Crippen molar-refractivity contribution in [3.05, 3.63) is 42.1 Å². The van der Waals surface area contributed by atoms with Gasteiger partial charge in [-0.1, -0.05) is 24.6 Å². The maximum Gasteiger partial charge on any atom is 0.407 e. The molecule has 4 heterocycles. The smallest absolute Gasteiger partial charge is 0.407 e. The molecule has 9 heteroatoms. The van der Waals surface area contributed by atoms with Crippen LogP contribution in [0.15, 0.2) is 40.6 Å². The number of anilines is 1. The fourth-order valence-electron chi connectivity index (χ4n) is 5.58. The van der Waals surface area contributed by atoms with Gasteiger partial charge in [-0.05, 0) is 70.9 Å². The van der Waals surface area contributed by atoms with Gasteiger partial charge in [-0.25, -0.2) is 14.8 Å². The van der Waals surface area contributed by atoms with Crippen molar-refractivity contribution in [2.75, 3.05) is 18.0 Å². The van der Waals surface area contributed by atoms with Crippen LogP contribution in [0.5, 0.6) is 0 Å². The van der Waals surface area contributed by atoms with E-state index in [0.29, 0.717) is 6.54 Å². The molecule has 1 spiro atoms. The number of hydrogen-bond acceptors (Lipinski definition) is 7. The Morgan fingerprint density at radius 3 is 2.64 bits per heavy atom. The lowest BCUT2D eigenvalue weighted by Crippen LogP contribution is -2.58. The molecule has 1 amide bonds. The molecular formula is C27H36N6O2S. The number of carbonyl (C=O) groups is 1. The first-order chi connectivity index (χ1) is 17.2. The van der Waals surface area contributed by atoms with Crippen LogP contribution in [0, 0.1) is 19.3 Å². The van der Waals surface area contributed by atoms with Crippen molar-refractivity contribution >= 4 is 29.5 Å². The predicted molar refractivity (Wildman–Crippen MR) is 142 cm³/mol. The van der Waals surface area contributed by atoms with E-state index in [2.05, 4.69) is 31.5 Å². The van der Waals surface area contributed by atoms with Crippen LogP contribution in [0.3, 0.4) is 0 Å². The summed E-state index contributed by atoms with van der Waals surface area (Å²) in [7, 11) is 0. The number of aromatic nitrogens is 4. The van der Waals surface area contributed by atoms with E-state index in [0.717, 1.165) is 52.9 Å². The van der Waals surface area contributed by atoms with Crippen LogP contribution in [0.25, 0.3) is 5.65 Å². The molecule has 1 saturated heterocycles. The SMILES string of the molecule is Cc1nccc(Sc2cnc(N3CCC4(CCCC4)C(NC(=O)OC(C)(C)C)C3)n3ccnc23)c1C. The van der Waals surface area contributed by atoms with Crippen LogP contribution in [0.1, 0.15) is 64.1 Å². The Balaban J connectivity index is 1.41. The molecule has 2 aliphatic rings. The Morgan fingerprint density at radius 2 is 1.89 bits per heavy atom. The monoisotopic (exact) mass is 508 g/mol. The highest BCUT2D eigenvalue weighted by atomic mass is 32.2. The summed E-state index contributed by atoms with van der Waals surface area (Å²) in [6, 6.07) is 2.05. The van der Waals surface area contributed by atoms with Crippen molar-refractivity contribution < 1.29 is 9.53 Å². The van der Waals surface area contributed by atoms with Crippen LogP contribution in [-0.2, 0) is 4.74 Å². The van der Waals surface area contributed by atoms with Gasteiger partial charge in [0, 0.05) is 48.5 Å². The van der Waals surface area contributed by atoms with Crippen LogP contribution >= 0.6 is 11.8 Å². The highest BCUT2D eigenvalue weighted by Gasteiger charge is 2.46.